The zero-order valence-corrected chi connectivity index (χ0v) is 17.4. The summed E-state index contributed by atoms with van der Waals surface area (Å²) in [5, 5.41) is 4.31. The molecule has 2 heterocycles. The van der Waals surface area contributed by atoms with E-state index < -0.39 is 0 Å². The summed E-state index contributed by atoms with van der Waals surface area (Å²) >= 11 is 1.73. The third-order valence-electron chi connectivity index (χ3n) is 4.96. The summed E-state index contributed by atoms with van der Waals surface area (Å²) in [6, 6.07) is 5.74. The highest BCUT2D eigenvalue weighted by atomic mass is 32.1. The molecule has 1 amide bonds. The van der Waals surface area contributed by atoms with Crippen molar-refractivity contribution >= 4 is 23.3 Å². The van der Waals surface area contributed by atoms with E-state index >= 15 is 0 Å². The van der Waals surface area contributed by atoms with Crippen molar-refractivity contribution in [1.29, 1.82) is 0 Å². The van der Waals surface area contributed by atoms with Crippen molar-refractivity contribution in [3.63, 3.8) is 0 Å². The number of thiophene rings is 1. The summed E-state index contributed by atoms with van der Waals surface area (Å²) in [6.45, 7) is 4.51. The van der Waals surface area contributed by atoms with E-state index in [1.54, 1.807) is 50.9 Å². The van der Waals surface area contributed by atoms with Crippen molar-refractivity contribution in [1.82, 2.24) is 4.90 Å². The van der Waals surface area contributed by atoms with E-state index in [1.807, 2.05) is 11.0 Å². The fraction of sp³-hybridized carbons (Fsp3) is 0.381. The van der Waals surface area contributed by atoms with Crippen LogP contribution in [0.25, 0.3) is 6.08 Å². The van der Waals surface area contributed by atoms with E-state index in [0.29, 0.717) is 17.2 Å². The van der Waals surface area contributed by atoms with Gasteiger partial charge in [-0.15, -0.1) is 0 Å². The van der Waals surface area contributed by atoms with E-state index in [4.69, 9.17) is 14.2 Å². The van der Waals surface area contributed by atoms with Gasteiger partial charge in [-0.25, -0.2) is 0 Å². The van der Waals surface area contributed by atoms with Gasteiger partial charge in [0.2, 0.25) is 5.91 Å². The molecule has 6 nitrogen and oxygen atoms in total. The van der Waals surface area contributed by atoms with E-state index in [2.05, 4.69) is 16.8 Å². The monoisotopic (exact) mass is 403 g/mol. The second-order valence-corrected chi connectivity index (χ2v) is 7.45. The predicted octanol–water partition coefficient (Wildman–Crippen LogP) is 1.71. The molecule has 1 aliphatic heterocycles. The Bertz CT molecular complexity index is 812. The van der Waals surface area contributed by atoms with Crippen molar-refractivity contribution in [2.45, 2.75) is 6.54 Å². The normalized spacial score (nSPS) is 15.0. The zero-order chi connectivity index (χ0) is 19.9. The van der Waals surface area contributed by atoms with Crippen LogP contribution in [0.5, 0.6) is 17.2 Å². The highest BCUT2D eigenvalue weighted by molar-refractivity contribution is 7.07. The van der Waals surface area contributed by atoms with Crippen molar-refractivity contribution in [3.8, 4) is 17.2 Å². The molecule has 7 heteroatoms. The zero-order valence-electron chi connectivity index (χ0n) is 16.6. The Balaban J connectivity index is 1.61. The van der Waals surface area contributed by atoms with E-state index in [-0.39, 0.29) is 5.91 Å². The maximum absolute atomic E-state index is 12.6. The van der Waals surface area contributed by atoms with Crippen LogP contribution in [0.4, 0.5) is 0 Å². The molecule has 0 radical (unpaired) electrons. The molecule has 0 atom stereocenters. The highest BCUT2D eigenvalue weighted by Crippen LogP contribution is 2.35. The minimum atomic E-state index is 0.0198. The molecule has 1 N–H and O–H groups in total. The summed E-state index contributed by atoms with van der Waals surface area (Å²) < 4.78 is 16.1. The van der Waals surface area contributed by atoms with Gasteiger partial charge in [-0.2, -0.15) is 11.3 Å². The number of carbonyl (C=O) groups excluding carboxylic acids is 1. The molecule has 0 aliphatic carbocycles. The standard InChI is InChI=1S/C21H26N2O4S/c1-25-18-13-20(27-3)19(26-2)12-17(18)4-5-21(24)23-9-7-22(8-10-23)14-16-6-11-28-15-16/h4-6,11-13,15H,7-10,14H2,1-3H3/p+1/b5-4+. The second kappa shape index (κ2) is 9.61. The molecule has 3 rings (SSSR count). The van der Waals surface area contributed by atoms with Gasteiger partial charge in [0.15, 0.2) is 11.5 Å². The van der Waals surface area contributed by atoms with Crippen LogP contribution in [-0.4, -0.2) is 58.3 Å². The number of nitrogens with zero attached hydrogens (tertiary/aromatic N) is 1. The first-order valence-electron chi connectivity index (χ1n) is 9.26. The number of quaternary nitrogens is 1. The molecular weight excluding hydrogens is 376 g/mol. The summed E-state index contributed by atoms with van der Waals surface area (Å²) in [7, 11) is 4.76. The van der Waals surface area contributed by atoms with Crippen LogP contribution in [0.3, 0.4) is 0 Å². The van der Waals surface area contributed by atoms with Gasteiger partial charge in [0, 0.05) is 23.3 Å². The smallest absolute Gasteiger partial charge is 0.246 e. The van der Waals surface area contributed by atoms with E-state index in [1.165, 1.54) is 10.5 Å². The third kappa shape index (κ3) is 4.85. The summed E-state index contributed by atoms with van der Waals surface area (Å²) in [4.78, 5) is 16.0. The van der Waals surface area contributed by atoms with Gasteiger partial charge in [0.25, 0.3) is 0 Å². The fourth-order valence-corrected chi connectivity index (χ4v) is 4.02. The Hall–Kier alpha value is -2.51. The molecule has 2 aromatic rings. The number of piperazine rings is 1. The quantitative estimate of drug-likeness (QED) is 0.716. The van der Waals surface area contributed by atoms with Gasteiger partial charge in [-0.1, -0.05) is 0 Å². The van der Waals surface area contributed by atoms with Gasteiger partial charge < -0.3 is 24.0 Å². The van der Waals surface area contributed by atoms with Gasteiger partial charge in [0.05, 0.1) is 47.5 Å². The van der Waals surface area contributed by atoms with Crippen LogP contribution in [0.15, 0.2) is 35.0 Å². The van der Waals surface area contributed by atoms with Crippen LogP contribution >= 0.6 is 11.3 Å². The Morgan fingerprint density at radius 2 is 1.79 bits per heavy atom. The Morgan fingerprint density at radius 3 is 2.39 bits per heavy atom. The van der Waals surface area contributed by atoms with Gasteiger partial charge >= 0.3 is 0 Å². The molecule has 28 heavy (non-hydrogen) atoms. The number of hydrogen-bond acceptors (Lipinski definition) is 5. The molecule has 0 spiro atoms. The maximum Gasteiger partial charge on any atom is 0.246 e. The number of rotatable bonds is 7. The van der Waals surface area contributed by atoms with Crippen molar-refractivity contribution in [2.75, 3.05) is 47.5 Å². The SMILES string of the molecule is COc1cc(OC)c(OC)cc1/C=C/C(=O)N1CC[NH+](Cc2ccsc2)CC1. The molecule has 0 saturated carbocycles. The lowest BCUT2D eigenvalue weighted by molar-refractivity contribution is -0.917. The van der Waals surface area contributed by atoms with Crippen LogP contribution < -0.4 is 19.1 Å². The van der Waals surface area contributed by atoms with Gasteiger partial charge in [-0.3, -0.25) is 4.79 Å². The molecule has 1 aromatic carbocycles. The fourth-order valence-electron chi connectivity index (χ4n) is 3.35. The minimum Gasteiger partial charge on any atom is -0.496 e. The molecule has 0 bridgehead atoms. The maximum atomic E-state index is 12.6. The van der Waals surface area contributed by atoms with Crippen molar-refractivity contribution in [3.05, 3.63) is 46.2 Å². The number of nitrogens with one attached hydrogen (secondary N) is 1. The number of benzene rings is 1. The van der Waals surface area contributed by atoms with Gasteiger partial charge in [-0.05, 0) is 29.0 Å². The molecule has 1 aromatic heterocycles. The predicted molar refractivity (Wildman–Crippen MR) is 110 cm³/mol. The van der Waals surface area contributed by atoms with E-state index in [0.717, 1.165) is 38.3 Å². The second-order valence-electron chi connectivity index (χ2n) is 6.67. The molecule has 1 saturated heterocycles. The largest absolute Gasteiger partial charge is 0.496 e. The van der Waals surface area contributed by atoms with Crippen molar-refractivity contribution in [2.24, 2.45) is 0 Å². The highest BCUT2D eigenvalue weighted by Gasteiger charge is 2.22. The van der Waals surface area contributed by atoms with Crippen LogP contribution in [0.2, 0.25) is 0 Å². The number of ether oxygens (including phenoxy) is 3. The molecule has 150 valence electrons. The number of amides is 1. The lowest BCUT2D eigenvalue weighted by Gasteiger charge is -2.31. The average Bonchev–Trinajstić information content (AvgIpc) is 3.24. The van der Waals surface area contributed by atoms with Crippen LogP contribution in [0.1, 0.15) is 11.1 Å². The Morgan fingerprint density at radius 1 is 1.11 bits per heavy atom. The van der Waals surface area contributed by atoms with E-state index in [9.17, 15) is 4.79 Å². The van der Waals surface area contributed by atoms with Crippen LogP contribution in [0, 0.1) is 0 Å². The number of methoxy groups -OCH3 is 3. The Kier molecular flexibility index (Phi) is 6.95. The van der Waals surface area contributed by atoms with Gasteiger partial charge in [0.1, 0.15) is 12.3 Å². The van der Waals surface area contributed by atoms with Crippen LogP contribution in [-0.2, 0) is 11.3 Å². The summed E-state index contributed by atoms with van der Waals surface area (Å²) in [5.41, 5.74) is 2.15. The molecule has 1 aliphatic rings. The topological polar surface area (TPSA) is 52.4 Å². The summed E-state index contributed by atoms with van der Waals surface area (Å²) in [6.07, 6.45) is 3.38. The molecular formula is C21H27N2O4S+. The lowest BCUT2D eigenvalue weighted by atomic mass is 10.1. The first-order valence-corrected chi connectivity index (χ1v) is 10.2. The van der Waals surface area contributed by atoms with Crippen molar-refractivity contribution < 1.29 is 23.9 Å². The molecule has 1 fully saturated rings. The Labute approximate surface area is 169 Å². The first kappa shape index (κ1) is 20.2. The summed E-state index contributed by atoms with van der Waals surface area (Å²) in [5.74, 6) is 1.84. The first-order chi connectivity index (χ1) is 13.6. The molecule has 0 unspecified atom stereocenters. The third-order valence-corrected chi connectivity index (χ3v) is 5.69. The minimum absolute atomic E-state index is 0.0198. The number of carbonyl (C=O) groups is 1. The average molecular weight is 404 g/mol. The number of hydrogen-bond donors (Lipinski definition) is 1. The lowest BCUT2D eigenvalue weighted by Crippen LogP contribution is -3.13.